The third-order valence-electron chi connectivity index (χ3n) is 4.62. The molecule has 2 unspecified atom stereocenters. The summed E-state index contributed by atoms with van der Waals surface area (Å²) in [5.74, 6) is 0.272. The third kappa shape index (κ3) is 3.93. The van der Waals surface area contributed by atoms with Gasteiger partial charge in [-0.05, 0) is 37.5 Å². The van der Waals surface area contributed by atoms with E-state index in [1.807, 2.05) is 4.90 Å². The average Bonchev–Trinajstić information content (AvgIpc) is 2.40. The minimum atomic E-state index is 0.0370. The molecule has 4 nitrogen and oxygen atoms in total. The lowest BCUT2D eigenvalue weighted by molar-refractivity contribution is -0.135. The molecule has 2 rings (SSSR count). The second-order valence-electron chi connectivity index (χ2n) is 6.73. The predicted molar refractivity (Wildman–Crippen MR) is 75.8 cm³/mol. The maximum Gasteiger partial charge on any atom is 0.222 e. The van der Waals surface area contributed by atoms with Gasteiger partial charge in [-0.15, -0.1) is 0 Å². The van der Waals surface area contributed by atoms with Crippen molar-refractivity contribution in [3.8, 4) is 0 Å². The molecule has 2 N–H and O–H groups in total. The number of likely N-dealkylation sites (tertiary alicyclic amines) is 1. The molecule has 1 amide bonds. The van der Waals surface area contributed by atoms with Crippen molar-refractivity contribution in [1.29, 1.82) is 0 Å². The normalized spacial score (nSPS) is 31.2. The molecule has 0 radical (unpaired) electrons. The fourth-order valence-corrected chi connectivity index (χ4v) is 3.06. The first-order valence-corrected chi connectivity index (χ1v) is 7.64. The first kappa shape index (κ1) is 14.8. The third-order valence-corrected chi connectivity index (χ3v) is 4.62. The van der Waals surface area contributed by atoms with Gasteiger partial charge in [-0.2, -0.15) is 0 Å². The summed E-state index contributed by atoms with van der Waals surface area (Å²) in [5.41, 5.74) is 6.14. The highest BCUT2D eigenvalue weighted by atomic mass is 16.5. The van der Waals surface area contributed by atoms with Crippen LogP contribution in [0.5, 0.6) is 0 Å². The van der Waals surface area contributed by atoms with Crippen LogP contribution in [0.2, 0.25) is 0 Å². The lowest BCUT2D eigenvalue weighted by atomic mass is 9.79. The minimum absolute atomic E-state index is 0.0370. The highest BCUT2D eigenvalue weighted by Crippen LogP contribution is 2.28. The summed E-state index contributed by atoms with van der Waals surface area (Å²) in [4.78, 5) is 14.3. The van der Waals surface area contributed by atoms with Crippen LogP contribution in [0.3, 0.4) is 0 Å². The molecule has 19 heavy (non-hydrogen) atoms. The van der Waals surface area contributed by atoms with Crippen LogP contribution in [0.25, 0.3) is 0 Å². The Morgan fingerprint density at radius 1 is 1.37 bits per heavy atom. The molecule has 2 atom stereocenters. The van der Waals surface area contributed by atoms with Crippen molar-refractivity contribution in [2.75, 3.05) is 19.7 Å². The molecular weight excluding hydrogens is 240 g/mol. The summed E-state index contributed by atoms with van der Waals surface area (Å²) in [6, 6.07) is 0.207. The molecule has 0 saturated carbocycles. The predicted octanol–water partition coefficient (Wildman–Crippen LogP) is 1.92. The number of ether oxygens (including phenoxy) is 1. The first-order valence-electron chi connectivity index (χ1n) is 7.64. The summed E-state index contributed by atoms with van der Waals surface area (Å²) in [6.07, 6.45) is 6.24. The number of carbonyl (C=O) groups excluding carboxylic acids is 1. The van der Waals surface area contributed by atoms with Crippen molar-refractivity contribution in [3.05, 3.63) is 0 Å². The molecule has 0 bridgehead atoms. The van der Waals surface area contributed by atoms with E-state index in [2.05, 4.69) is 13.8 Å². The lowest BCUT2D eigenvalue weighted by Gasteiger charge is -2.42. The van der Waals surface area contributed by atoms with E-state index >= 15 is 0 Å². The number of amides is 1. The Labute approximate surface area is 116 Å². The first-order chi connectivity index (χ1) is 8.99. The van der Waals surface area contributed by atoms with Crippen LogP contribution in [0.1, 0.15) is 52.4 Å². The van der Waals surface area contributed by atoms with Crippen LogP contribution in [0, 0.1) is 5.41 Å². The van der Waals surface area contributed by atoms with Crippen molar-refractivity contribution in [3.63, 3.8) is 0 Å². The quantitative estimate of drug-likeness (QED) is 0.851. The van der Waals surface area contributed by atoms with Crippen LogP contribution >= 0.6 is 0 Å². The van der Waals surface area contributed by atoms with Gasteiger partial charge in [-0.1, -0.05) is 13.8 Å². The van der Waals surface area contributed by atoms with Gasteiger partial charge in [0.2, 0.25) is 5.91 Å². The highest BCUT2D eigenvalue weighted by Gasteiger charge is 2.35. The molecule has 2 aliphatic rings. The van der Waals surface area contributed by atoms with Gasteiger partial charge in [-0.3, -0.25) is 4.79 Å². The van der Waals surface area contributed by atoms with Gasteiger partial charge in [0.15, 0.2) is 0 Å². The van der Waals surface area contributed by atoms with E-state index in [4.69, 9.17) is 10.5 Å². The molecule has 4 heteroatoms. The maximum atomic E-state index is 12.3. The molecule has 0 spiro atoms. The maximum absolute atomic E-state index is 12.3. The van der Waals surface area contributed by atoms with Crippen LogP contribution in [0.4, 0.5) is 0 Å². The van der Waals surface area contributed by atoms with Gasteiger partial charge in [-0.25, -0.2) is 0 Å². The lowest BCUT2D eigenvalue weighted by Crippen LogP contribution is -2.54. The van der Waals surface area contributed by atoms with Crippen molar-refractivity contribution in [2.24, 2.45) is 11.1 Å². The fraction of sp³-hybridized carbons (Fsp3) is 0.933. The Hall–Kier alpha value is -0.610. The van der Waals surface area contributed by atoms with E-state index in [1.165, 1.54) is 12.8 Å². The summed E-state index contributed by atoms with van der Waals surface area (Å²) in [7, 11) is 0. The topological polar surface area (TPSA) is 55.6 Å². The Balaban J connectivity index is 1.76. The fourth-order valence-electron chi connectivity index (χ4n) is 3.06. The Bertz CT molecular complexity index is 311. The number of piperidine rings is 1. The number of nitrogens with two attached hydrogens (primary N) is 1. The highest BCUT2D eigenvalue weighted by molar-refractivity contribution is 5.76. The SMILES string of the molecule is CC1(C)CN(C(=O)CCC2CCCCO2)CCC1N. The zero-order valence-corrected chi connectivity index (χ0v) is 12.4. The minimum Gasteiger partial charge on any atom is -0.378 e. The van der Waals surface area contributed by atoms with E-state index in [1.54, 1.807) is 0 Å². The largest absolute Gasteiger partial charge is 0.378 e. The van der Waals surface area contributed by atoms with Crippen molar-refractivity contribution < 1.29 is 9.53 Å². The van der Waals surface area contributed by atoms with Crippen LogP contribution in [-0.4, -0.2) is 42.6 Å². The van der Waals surface area contributed by atoms with Crippen LogP contribution in [0.15, 0.2) is 0 Å². The van der Waals surface area contributed by atoms with Gasteiger partial charge in [0.25, 0.3) is 0 Å². The van der Waals surface area contributed by atoms with E-state index in [-0.39, 0.29) is 17.4 Å². The number of carbonyl (C=O) groups is 1. The Morgan fingerprint density at radius 3 is 2.79 bits per heavy atom. The Morgan fingerprint density at radius 2 is 2.16 bits per heavy atom. The molecule has 0 aromatic heterocycles. The van der Waals surface area contributed by atoms with Crippen LogP contribution in [-0.2, 0) is 9.53 Å². The van der Waals surface area contributed by atoms with Crippen molar-refractivity contribution >= 4 is 5.91 Å². The standard InChI is InChI=1S/C15H28N2O2/c1-15(2)11-17(9-8-13(15)16)14(18)7-6-12-5-3-4-10-19-12/h12-13H,3-11,16H2,1-2H3. The Kier molecular flexibility index (Phi) is 4.85. The molecular formula is C15H28N2O2. The van der Waals surface area contributed by atoms with Gasteiger partial charge in [0, 0.05) is 32.2 Å². The molecule has 0 aromatic carbocycles. The van der Waals surface area contributed by atoms with Gasteiger partial charge in [0.05, 0.1) is 6.10 Å². The monoisotopic (exact) mass is 268 g/mol. The smallest absolute Gasteiger partial charge is 0.222 e. The molecule has 2 aliphatic heterocycles. The zero-order valence-electron chi connectivity index (χ0n) is 12.4. The summed E-state index contributed by atoms with van der Waals surface area (Å²) < 4.78 is 5.68. The van der Waals surface area contributed by atoms with E-state index in [0.29, 0.717) is 12.5 Å². The van der Waals surface area contributed by atoms with Crippen molar-refractivity contribution in [2.45, 2.75) is 64.5 Å². The number of nitrogens with zero attached hydrogens (tertiary/aromatic N) is 1. The number of hydrogen-bond acceptors (Lipinski definition) is 3. The molecule has 2 saturated heterocycles. The second-order valence-corrected chi connectivity index (χ2v) is 6.73. The average molecular weight is 268 g/mol. The van der Waals surface area contributed by atoms with E-state index in [9.17, 15) is 4.79 Å². The van der Waals surface area contributed by atoms with Gasteiger partial charge < -0.3 is 15.4 Å². The van der Waals surface area contributed by atoms with Crippen LogP contribution < -0.4 is 5.73 Å². The van der Waals surface area contributed by atoms with E-state index < -0.39 is 0 Å². The summed E-state index contributed by atoms with van der Waals surface area (Å²) in [5, 5.41) is 0. The summed E-state index contributed by atoms with van der Waals surface area (Å²) >= 11 is 0. The summed E-state index contributed by atoms with van der Waals surface area (Å²) in [6.45, 7) is 6.78. The molecule has 0 aliphatic carbocycles. The molecule has 110 valence electrons. The molecule has 0 aromatic rings. The van der Waals surface area contributed by atoms with Gasteiger partial charge >= 0.3 is 0 Å². The number of hydrogen-bond donors (Lipinski definition) is 1. The second kappa shape index (κ2) is 6.23. The molecule has 2 heterocycles. The molecule has 2 fully saturated rings. The van der Waals surface area contributed by atoms with Crippen molar-refractivity contribution in [1.82, 2.24) is 4.90 Å². The van der Waals surface area contributed by atoms with E-state index in [0.717, 1.165) is 39.0 Å². The van der Waals surface area contributed by atoms with Gasteiger partial charge in [0.1, 0.15) is 0 Å². The zero-order chi connectivity index (χ0) is 13.9. The number of rotatable bonds is 3.